The molecule has 1 radical (unpaired) electrons. The molecule has 0 aliphatic rings. The highest BCUT2D eigenvalue weighted by atomic mass is 16.3. The average molecular weight is 136 g/mol. The number of hydrogen-bond acceptors (Lipinski definition) is 2. The Kier molecular flexibility index (Phi) is 2.77. The molecule has 1 rings (SSSR count). The van der Waals surface area contributed by atoms with Crippen LogP contribution in [0.1, 0.15) is 0 Å². The summed E-state index contributed by atoms with van der Waals surface area (Å²) in [6.07, 6.45) is 0. The van der Waals surface area contributed by atoms with Crippen molar-refractivity contribution in [3.05, 3.63) is 30.3 Å². The van der Waals surface area contributed by atoms with Crippen LogP contribution in [0, 0.1) is 6.07 Å². The summed E-state index contributed by atoms with van der Waals surface area (Å²) in [4.78, 5) is 0. The molecule has 0 atom stereocenters. The molecular formula is C8H10NO. The summed E-state index contributed by atoms with van der Waals surface area (Å²) in [5.41, 5.74) is 0.927. The van der Waals surface area contributed by atoms with E-state index in [4.69, 9.17) is 5.11 Å². The van der Waals surface area contributed by atoms with Crippen LogP contribution in [0.2, 0.25) is 0 Å². The van der Waals surface area contributed by atoms with E-state index >= 15 is 0 Å². The Balaban J connectivity index is 2.43. The number of aliphatic hydroxyl groups excluding tert-OH is 1. The lowest BCUT2D eigenvalue weighted by Crippen LogP contribution is -2.04. The molecule has 2 nitrogen and oxygen atoms in total. The smallest absolute Gasteiger partial charge is 0.0604 e. The van der Waals surface area contributed by atoms with E-state index in [9.17, 15) is 0 Å². The highest BCUT2D eigenvalue weighted by Crippen LogP contribution is 2.01. The van der Waals surface area contributed by atoms with Gasteiger partial charge in [0.1, 0.15) is 0 Å². The maximum atomic E-state index is 8.45. The predicted octanol–water partition coefficient (Wildman–Crippen LogP) is 0.891. The van der Waals surface area contributed by atoms with E-state index in [1.54, 1.807) is 0 Å². The monoisotopic (exact) mass is 136 g/mol. The van der Waals surface area contributed by atoms with E-state index in [1.807, 2.05) is 24.3 Å². The van der Waals surface area contributed by atoms with Crippen molar-refractivity contribution in [2.45, 2.75) is 0 Å². The highest BCUT2D eigenvalue weighted by Gasteiger charge is 1.85. The first kappa shape index (κ1) is 7.09. The fourth-order valence-electron chi connectivity index (χ4n) is 0.694. The molecule has 2 N–H and O–H groups in total. The predicted molar refractivity (Wildman–Crippen MR) is 40.9 cm³/mol. The summed E-state index contributed by atoms with van der Waals surface area (Å²) in [5, 5.41) is 11.4. The minimum atomic E-state index is 0.155. The topological polar surface area (TPSA) is 32.3 Å². The largest absolute Gasteiger partial charge is 0.395 e. The van der Waals surface area contributed by atoms with Gasteiger partial charge in [0.25, 0.3) is 0 Å². The van der Waals surface area contributed by atoms with Gasteiger partial charge in [-0.15, -0.1) is 0 Å². The van der Waals surface area contributed by atoms with E-state index in [2.05, 4.69) is 11.4 Å². The summed E-state index contributed by atoms with van der Waals surface area (Å²) in [6.45, 7) is 0.739. The molecule has 53 valence electrons. The molecule has 0 saturated heterocycles. The Hall–Kier alpha value is -1.02. The zero-order chi connectivity index (χ0) is 7.23. The van der Waals surface area contributed by atoms with Crippen LogP contribution in [0.25, 0.3) is 0 Å². The van der Waals surface area contributed by atoms with Gasteiger partial charge in [-0.05, 0) is 6.07 Å². The molecule has 0 aliphatic heterocycles. The molecule has 10 heavy (non-hydrogen) atoms. The lowest BCUT2D eigenvalue weighted by Gasteiger charge is -2.00. The van der Waals surface area contributed by atoms with Gasteiger partial charge in [-0.25, -0.2) is 0 Å². The molecule has 1 aromatic carbocycles. The third-order valence-corrected chi connectivity index (χ3v) is 1.14. The minimum absolute atomic E-state index is 0.155. The van der Waals surface area contributed by atoms with Gasteiger partial charge in [0.2, 0.25) is 0 Å². The number of anilines is 1. The van der Waals surface area contributed by atoms with E-state index < -0.39 is 0 Å². The molecule has 0 fully saturated rings. The average Bonchev–Trinajstić information content (AvgIpc) is 2.03. The number of para-hydroxylation sites is 1. The maximum absolute atomic E-state index is 8.45. The second kappa shape index (κ2) is 3.90. The lowest BCUT2D eigenvalue weighted by molar-refractivity contribution is 0.311. The number of hydrogen-bond donors (Lipinski definition) is 2. The summed E-state index contributed by atoms with van der Waals surface area (Å²) in [6, 6.07) is 10.6. The molecule has 0 aromatic heterocycles. The van der Waals surface area contributed by atoms with Crippen molar-refractivity contribution in [2.75, 3.05) is 18.5 Å². The van der Waals surface area contributed by atoms with Gasteiger partial charge in [-0.2, -0.15) is 0 Å². The van der Waals surface area contributed by atoms with Crippen LogP contribution < -0.4 is 5.32 Å². The number of rotatable bonds is 3. The van der Waals surface area contributed by atoms with Gasteiger partial charge in [0.15, 0.2) is 0 Å². The van der Waals surface area contributed by atoms with E-state index in [1.165, 1.54) is 0 Å². The van der Waals surface area contributed by atoms with Crippen LogP contribution in [0.4, 0.5) is 5.69 Å². The number of benzene rings is 1. The van der Waals surface area contributed by atoms with Crippen molar-refractivity contribution in [2.24, 2.45) is 0 Å². The second-order valence-electron chi connectivity index (χ2n) is 1.93. The Morgan fingerprint density at radius 3 is 3.00 bits per heavy atom. The third kappa shape index (κ3) is 2.07. The fraction of sp³-hybridized carbons (Fsp3) is 0.250. The quantitative estimate of drug-likeness (QED) is 0.646. The van der Waals surface area contributed by atoms with Crippen LogP contribution in [0.15, 0.2) is 24.3 Å². The Bertz CT molecular complexity index is 174. The first-order valence-corrected chi connectivity index (χ1v) is 3.25. The van der Waals surface area contributed by atoms with Crippen LogP contribution in [0.3, 0.4) is 0 Å². The number of nitrogens with one attached hydrogen (secondary N) is 1. The molecule has 1 aromatic rings. The lowest BCUT2D eigenvalue weighted by atomic mass is 10.3. The van der Waals surface area contributed by atoms with Gasteiger partial charge < -0.3 is 10.4 Å². The molecule has 0 aliphatic carbocycles. The summed E-state index contributed by atoms with van der Waals surface area (Å²) in [5.74, 6) is 0. The van der Waals surface area contributed by atoms with E-state index in [-0.39, 0.29) is 6.61 Å². The molecule has 0 bridgehead atoms. The van der Waals surface area contributed by atoms with Gasteiger partial charge >= 0.3 is 0 Å². The molecule has 0 heterocycles. The molecule has 0 amide bonds. The summed E-state index contributed by atoms with van der Waals surface area (Å²) >= 11 is 0. The minimum Gasteiger partial charge on any atom is -0.395 e. The van der Waals surface area contributed by atoms with Crippen molar-refractivity contribution in [3.63, 3.8) is 0 Å². The second-order valence-corrected chi connectivity index (χ2v) is 1.93. The summed E-state index contributed by atoms with van der Waals surface area (Å²) in [7, 11) is 0. The highest BCUT2D eigenvalue weighted by molar-refractivity contribution is 5.40. The normalized spacial score (nSPS) is 9.30. The Morgan fingerprint density at radius 1 is 1.50 bits per heavy atom. The number of aliphatic hydroxyl groups is 1. The third-order valence-electron chi connectivity index (χ3n) is 1.14. The van der Waals surface area contributed by atoms with Crippen LogP contribution in [0.5, 0.6) is 0 Å². The molecule has 2 heteroatoms. The van der Waals surface area contributed by atoms with Crippen molar-refractivity contribution in [3.8, 4) is 0 Å². The van der Waals surface area contributed by atoms with Gasteiger partial charge in [-0.1, -0.05) is 18.2 Å². The van der Waals surface area contributed by atoms with Crippen molar-refractivity contribution in [1.82, 2.24) is 0 Å². The van der Waals surface area contributed by atoms with E-state index in [0.29, 0.717) is 6.54 Å². The van der Waals surface area contributed by atoms with Crippen LogP contribution >= 0.6 is 0 Å². The zero-order valence-electron chi connectivity index (χ0n) is 5.67. The first-order chi connectivity index (χ1) is 4.93. The maximum Gasteiger partial charge on any atom is 0.0604 e. The van der Waals surface area contributed by atoms with Crippen LogP contribution in [-0.4, -0.2) is 18.3 Å². The molecule has 0 unspecified atom stereocenters. The summed E-state index contributed by atoms with van der Waals surface area (Å²) < 4.78 is 0. The van der Waals surface area contributed by atoms with Gasteiger partial charge in [-0.3, -0.25) is 0 Å². The Morgan fingerprint density at radius 2 is 2.40 bits per heavy atom. The van der Waals surface area contributed by atoms with Crippen molar-refractivity contribution >= 4 is 5.69 Å². The van der Waals surface area contributed by atoms with Gasteiger partial charge in [0, 0.05) is 18.3 Å². The van der Waals surface area contributed by atoms with Crippen molar-refractivity contribution in [1.29, 1.82) is 0 Å². The molecular weight excluding hydrogens is 126 g/mol. The van der Waals surface area contributed by atoms with Crippen LogP contribution in [-0.2, 0) is 0 Å². The molecule has 0 saturated carbocycles. The SMILES string of the molecule is OCCNc1[c]cccc1. The van der Waals surface area contributed by atoms with Crippen molar-refractivity contribution < 1.29 is 5.11 Å². The fourth-order valence-corrected chi connectivity index (χ4v) is 0.694. The van der Waals surface area contributed by atoms with E-state index in [0.717, 1.165) is 5.69 Å². The standard InChI is InChI=1S/C8H10NO/c10-7-6-9-8-4-2-1-3-5-8/h1-4,9-10H,6-7H2. The molecule has 0 spiro atoms. The van der Waals surface area contributed by atoms with Gasteiger partial charge in [0.05, 0.1) is 6.61 Å². The zero-order valence-corrected chi connectivity index (χ0v) is 5.67. The first-order valence-electron chi connectivity index (χ1n) is 3.25. The Labute approximate surface area is 60.5 Å².